The molecule has 1 rings (SSSR count). The van der Waals surface area contributed by atoms with E-state index in [9.17, 15) is 9.90 Å². The number of ether oxygens (including phenoxy) is 2. The van der Waals surface area contributed by atoms with Gasteiger partial charge >= 0.3 is 0 Å². The lowest BCUT2D eigenvalue weighted by Crippen LogP contribution is -2.44. The molecule has 1 heterocycles. The van der Waals surface area contributed by atoms with Crippen molar-refractivity contribution in [3.63, 3.8) is 0 Å². The van der Waals surface area contributed by atoms with Crippen LogP contribution >= 0.6 is 0 Å². The number of nitrogens with one attached hydrogen (secondary N) is 1. The minimum atomic E-state index is -0.388. The summed E-state index contributed by atoms with van der Waals surface area (Å²) >= 11 is 0. The second-order valence-corrected chi connectivity index (χ2v) is 7.67. The van der Waals surface area contributed by atoms with Crippen LogP contribution in [0, 0.1) is 5.92 Å². The normalized spacial score (nSPS) is 27.3. The quantitative estimate of drug-likeness (QED) is 0.432. The zero-order valence-corrected chi connectivity index (χ0v) is 16.8. The fourth-order valence-electron chi connectivity index (χ4n) is 3.29. The van der Waals surface area contributed by atoms with Crippen molar-refractivity contribution in [3.8, 4) is 0 Å². The number of carbonyl (C=O) groups excluding carboxylic acids is 1. The number of rotatable bonds is 13. The molecule has 2 unspecified atom stereocenters. The smallest absolute Gasteiger partial charge is 0.220 e. The van der Waals surface area contributed by atoms with Crippen molar-refractivity contribution in [3.05, 3.63) is 0 Å². The molecular formula is C20H39NO5. The fraction of sp³-hybridized carbons (Fsp3) is 0.950. The Morgan fingerprint density at radius 1 is 1.19 bits per heavy atom. The van der Waals surface area contributed by atoms with E-state index in [1.807, 2.05) is 6.92 Å². The van der Waals surface area contributed by atoms with Crippen LogP contribution in [0.25, 0.3) is 0 Å². The Kier molecular flexibility index (Phi) is 12.1. The molecule has 6 heteroatoms. The van der Waals surface area contributed by atoms with Crippen LogP contribution in [0.5, 0.6) is 0 Å². The molecule has 1 fully saturated rings. The Balaban J connectivity index is 1.98. The maximum absolute atomic E-state index is 11.4. The van der Waals surface area contributed by atoms with E-state index in [1.54, 1.807) is 0 Å². The molecule has 0 aromatic carbocycles. The van der Waals surface area contributed by atoms with Gasteiger partial charge in [0.25, 0.3) is 0 Å². The van der Waals surface area contributed by atoms with Crippen molar-refractivity contribution in [2.45, 2.75) is 103 Å². The summed E-state index contributed by atoms with van der Waals surface area (Å²) in [6.07, 6.45) is 8.37. The lowest BCUT2D eigenvalue weighted by molar-refractivity contribution is -0.255. The average molecular weight is 374 g/mol. The standard InChI is InChI=1S/C20H39NO5/c1-15-14-18(23)17(3)26-20(15)25-16(2)10-8-6-4-5-7-9-11-19(24)21-12-13-22/h15-18,20,22-23H,4-14H2,1-3H3,(H,21,24)/t15?,16-,17?,18-,20-/m1/s1. The van der Waals surface area contributed by atoms with Crippen LogP contribution in [-0.2, 0) is 14.3 Å². The Bertz CT molecular complexity index is 379. The predicted molar refractivity (Wildman–Crippen MR) is 102 cm³/mol. The van der Waals surface area contributed by atoms with Gasteiger partial charge in [-0.2, -0.15) is 0 Å². The maximum atomic E-state index is 11.4. The molecule has 0 aliphatic carbocycles. The van der Waals surface area contributed by atoms with E-state index in [2.05, 4.69) is 19.2 Å². The number of unbranched alkanes of at least 4 members (excludes halogenated alkanes) is 5. The Hall–Kier alpha value is -0.690. The van der Waals surface area contributed by atoms with Gasteiger partial charge in [0.15, 0.2) is 6.29 Å². The van der Waals surface area contributed by atoms with Crippen LogP contribution in [0.3, 0.4) is 0 Å². The van der Waals surface area contributed by atoms with Gasteiger partial charge in [-0.15, -0.1) is 0 Å². The molecule has 1 amide bonds. The van der Waals surface area contributed by atoms with Gasteiger partial charge in [0, 0.05) is 18.9 Å². The van der Waals surface area contributed by atoms with E-state index < -0.39 is 0 Å². The summed E-state index contributed by atoms with van der Waals surface area (Å²) in [7, 11) is 0. The van der Waals surface area contributed by atoms with E-state index in [4.69, 9.17) is 14.6 Å². The second-order valence-electron chi connectivity index (χ2n) is 7.67. The highest BCUT2D eigenvalue weighted by molar-refractivity contribution is 5.75. The van der Waals surface area contributed by atoms with Crippen molar-refractivity contribution in [1.29, 1.82) is 0 Å². The number of carbonyl (C=O) groups is 1. The van der Waals surface area contributed by atoms with Gasteiger partial charge < -0.3 is 25.0 Å². The monoisotopic (exact) mass is 373 g/mol. The molecule has 1 aliphatic rings. The molecular weight excluding hydrogens is 334 g/mol. The first-order chi connectivity index (χ1) is 12.4. The Labute approximate surface area is 158 Å². The first kappa shape index (κ1) is 23.3. The molecule has 26 heavy (non-hydrogen) atoms. The summed E-state index contributed by atoms with van der Waals surface area (Å²) in [4.78, 5) is 11.4. The molecule has 6 nitrogen and oxygen atoms in total. The first-order valence-electron chi connectivity index (χ1n) is 10.3. The highest BCUT2D eigenvalue weighted by Gasteiger charge is 2.33. The van der Waals surface area contributed by atoms with Crippen LogP contribution in [0.2, 0.25) is 0 Å². The summed E-state index contributed by atoms with van der Waals surface area (Å²) in [6.45, 7) is 6.41. The van der Waals surface area contributed by atoms with E-state index >= 15 is 0 Å². The molecule has 0 saturated carbocycles. The van der Waals surface area contributed by atoms with Gasteiger partial charge in [-0.1, -0.05) is 39.0 Å². The maximum Gasteiger partial charge on any atom is 0.220 e. The van der Waals surface area contributed by atoms with Crippen LogP contribution < -0.4 is 5.32 Å². The number of hydrogen-bond acceptors (Lipinski definition) is 5. The molecule has 1 saturated heterocycles. The second kappa shape index (κ2) is 13.5. The first-order valence-corrected chi connectivity index (χ1v) is 10.3. The molecule has 1 aliphatic heterocycles. The number of aliphatic hydroxyl groups excluding tert-OH is 2. The van der Waals surface area contributed by atoms with Gasteiger partial charge in [0.05, 0.1) is 24.9 Å². The lowest BCUT2D eigenvalue weighted by atomic mass is 9.96. The fourth-order valence-corrected chi connectivity index (χ4v) is 3.29. The van der Waals surface area contributed by atoms with Gasteiger partial charge in [-0.25, -0.2) is 0 Å². The summed E-state index contributed by atoms with van der Waals surface area (Å²) in [5.74, 6) is 0.254. The third-order valence-electron chi connectivity index (χ3n) is 5.03. The minimum Gasteiger partial charge on any atom is -0.395 e. The van der Waals surface area contributed by atoms with Crippen LogP contribution in [0.4, 0.5) is 0 Å². The Morgan fingerprint density at radius 3 is 2.54 bits per heavy atom. The summed E-state index contributed by atoms with van der Waals surface area (Å²) in [5, 5.41) is 21.1. The molecule has 154 valence electrons. The summed E-state index contributed by atoms with van der Waals surface area (Å²) < 4.78 is 11.8. The zero-order chi connectivity index (χ0) is 19.4. The van der Waals surface area contributed by atoms with E-state index in [0.29, 0.717) is 13.0 Å². The Morgan fingerprint density at radius 2 is 1.85 bits per heavy atom. The van der Waals surface area contributed by atoms with Gasteiger partial charge in [0.2, 0.25) is 5.91 Å². The van der Waals surface area contributed by atoms with Crippen molar-refractivity contribution < 1.29 is 24.5 Å². The van der Waals surface area contributed by atoms with Crippen LogP contribution in [-0.4, -0.2) is 53.9 Å². The molecule has 0 radical (unpaired) electrons. The van der Waals surface area contributed by atoms with E-state index in [-0.39, 0.29) is 43.0 Å². The molecule has 0 spiro atoms. The van der Waals surface area contributed by atoms with Crippen LogP contribution in [0.1, 0.15) is 78.6 Å². The van der Waals surface area contributed by atoms with Gasteiger partial charge in [-0.3, -0.25) is 4.79 Å². The van der Waals surface area contributed by atoms with Crippen molar-refractivity contribution in [2.24, 2.45) is 5.92 Å². The molecule has 0 aromatic heterocycles. The molecule has 0 aromatic rings. The predicted octanol–water partition coefficient (Wildman–Crippen LogP) is 2.75. The molecule has 5 atom stereocenters. The lowest BCUT2D eigenvalue weighted by Gasteiger charge is -2.37. The molecule has 3 N–H and O–H groups in total. The largest absolute Gasteiger partial charge is 0.395 e. The van der Waals surface area contributed by atoms with E-state index in [1.165, 1.54) is 12.8 Å². The minimum absolute atomic E-state index is 0.000635. The summed E-state index contributed by atoms with van der Waals surface area (Å²) in [5.41, 5.74) is 0. The van der Waals surface area contributed by atoms with Gasteiger partial charge in [0.1, 0.15) is 0 Å². The summed E-state index contributed by atoms with van der Waals surface area (Å²) in [6, 6.07) is 0. The van der Waals surface area contributed by atoms with Crippen molar-refractivity contribution in [1.82, 2.24) is 5.32 Å². The topological polar surface area (TPSA) is 88.0 Å². The van der Waals surface area contributed by atoms with Crippen LogP contribution in [0.15, 0.2) is 0 Å². The van der Waals surface area contributed by atoms with Gasteiger partial charge in [-0.05, 0) is 33.1 Å². The third kappa shape index (κ3) is 9.86. The van der Waals surface area contributed by atoms with Crippen molar-refractivity contribution in [2.75, 3.05) is 13.2 Å². The molecule has 0 bridgehead atoms. The van der Waals surface area contributed by atoms with Crippen molar-refractivity contribution >= 4 is 5.91 Å². The third-order valence-corrected chi connectivity index (χ3v) is 5.03. The highest BCUT2D eigenvalue weighted by Crippen LogP contribution is 2.27. The average Bonchev–Trinajstić information content (AvgIpc) is 2.60. The number of hydrogen-bond donors (Lipinski definition) is 3. The van der Waals surface area contributed by atoms with E-state index in [0.717, 1.165) is 38.5 Å². The number of amides is 1. The number of aliphatic hydroxyl groups is 2. The SMILES string of the molecule is CC1C[C@@H](O)C(C)O[C@H]1O[C@H](C)CCCCCCCCC(=O)NCCO. The highest BCUT2D eigenvalue weighted by atomic mass is 16.7. The zero-order valence-electron chi connectivity index (χ0n) is 16.8.